The van der Waals surface area contributed by atoms with Crippen LogP contribution in [0, 0.1) is 11.6 Å². The largest absolute Gasteiger partial charge is 0.310 e. The molecule has 0 spiro atoms. The van der Waals surface area contributed by atoms with E-state index in [4.69, 9.17) is 0 Å². The first-order valence-electron chi connectivity index (χ1n) is 9.08. The van der Waals surface area contributed by atoms with E-state index < -0.39 is 11.6 Å². The molecule has 2 aromatic carbocycles. The first-order valence-corrected chi connectivity index (χ1v) is 9.08. The molecule has 136 valence electrons. The Hall–Kier alpha value is -1.78. The van der Waals surface area contributed by atoms with E-state index in [1.807, 2.05) is 18.2 Å². The van der Waals surface area contributed by atoms with E-state index >= 15 is 0 Å². The van der Waals surface area contributed by atoms with Crippen molar-refractivity contribution in [3.63, 3.8) is 0 Å². The molecule has 25 heavy (non-hydrogen) atoms. The van der Waals surface area contributed by atoms with Gasteiger partial charge in [0.2, 0.25) is 0 Å². The average molecular weight is 346 g/mol. The van der Waals surface area contributed by atoms with Crippen LogP contribution in [0.3, 0.4) is 0 Å². The fourth-order valence-electron chi connectivity index (χ4n) is 2.98. The number of rotatable bonds is 10. The number of hydrogen-bond donors (Lipinski definition) is 1. The molecular formula is C21H28F2N2. The van der Waals surface area contributed by atoms with Crippen LogP contribution in [0.5, 0.6) is 0 Å². The van der Waals surface area contributed by atoms with E-state index in [1.54, 1.807) is 0 Å². The summed E-state index contributed by atoms with van der Waals surface area (Å²) in [5.74, 6) is -1.04. The van der Waals surface area contributed by atoms with Crippen LogP contribution in [0.1, 0.15) is 43.9 Å². The maximum atomic E-state index is 13.6. The summed E-state index contributed by atoms with van der Waals surface area (Å²) in [4.78, 5) is 2.35. The topological polar surface area (TPSA) is 15.3 Å². The zero-order chi connectivity index (χ0) is 18.1. The second kappa shape index (κ2) is 10.3. The van der Waals surface area contributed by atoms with Gasteiger partial charge in [0, 0.05) is 25.2 Å². The molecule has 0 fully saturated rings. The quantitative estimate of drug-likeness (QED) is 0.657. The van der Waals surface area contributed by atoms with Gasteiger partial charge in [-0.3, -0.25) is 4.90 Å². The van der Waals surface area contributed by atoms with Gasteiger partial charge in [-0.05, 0) is 49.2 Å². The van der Waals surface area contributed by atoms with Crippen LogP contribution in [0.2, 0.25) is 0 Å². The molecule has 0 amide bonds. The lowest BCUT2D eigenvalue weighted by molar-refractivity contribution is 0.261. The Bertz CT molecular complexity index is 611. The van der Waals surface area contributed by atoms with Gasteiger partial charge in [-0.2, -0.15) is 0 Å². The van der Waals surface area contributed by atoms with Crippen molar-refractivity contribution in [1.82, 2.24) is 10.2 Å². The summed E-state index contributed by atoms with van der Waals surface area (Å²) in [7, 11) is 0. The normalized spacial score (nSPS) is 12.5. The zero-order valence-corrected chi connectivity index (χ0v) is 15.1. The van der Waals surface area contributed by atoms with Crippen molar-refractivity contribution in [3.8, 4) is 0 Å². The highest BCUT2D eigenvalue weighted by Crippen LogP contribution is 2.20. The van der Waals surface area contributed by atoms with Crippen molar-refractivity contribution in [1.29, 1.82) is 0 Å². The van der Waals surface area contributed by atoms with Crippen LogP contribution in [-0.4, -0.2) is 24.5 Å². The molecule has 2 rings (SSSR count). The Morgan fingerprint density at radius 1 is 1.00 bits per heavy atom. The molecule has 0 bridgehead atoms. The Morgan fingerprint density at radius 2 is 1.68 bits per heavy atom. The van der Waals surface area contributed by atoms with Crippen LogP contribution in [0.25, 0.3) is 0 Å². The summed E-state index contributed by atoms with van der Waals surface area (Å²) >= 11 is 0. The molecule has 2 nitrogen and oxygen atoms in total. The van der Waals surface area contributed by atoms with Gasteiger partial charge in [-0.1, -0.05) is 44.2 Å². The highest BCUT2D eigenvalue weighted by Gasteiger charge is 2.15. The minimum Gasteiger partial charge on any atom is -0.310 e. The summed E-state index contributed by atoms with van der Waals surface area (Å²) in [6, 6.07) is 14.1. The number of halogens is 2. The third kappa shape index (κ3) is 6.56. The van der Waals surface area contributed by atoms with Gasteiger partial charge in [0.15, 0.2) is 0 Å². The molecule has 0 aromatic heterocycles. The van der Waals surface area contributed by atoms with Crippen LogP contribution in [-0.2, 0) is 6.54 Å². The van der Waals surface area contributed by atoms with E-state index in [0.29, 0.717) is 5.56 Å². The van der Waals surface area contributed by atoms with E-state index in [2.05, 4.69) is 36.2 Å². The first-order chi connectivity index (χ1) is 12.1. The smallest absolute Gasteiger partial charge is 0.126 e. The van der Waals surface area contributed by atoms with Crippen LogP contribution >= 0.6 is 0 Å². The number of benzene rings is 2. The van der Waals surface area contributed by atoms with Crippen molar-refractivity contribution in [3.05, 3.63) is 71.3 Å². The molecule has 0 saturated carbocycles. The monoisotopic (exact) mass is 346 g/mol. The van der Waals surface area contributed by atoms with E-state index in [-0.39, 0.29) is 6.04 Å². The Balaban J connectivity index is 2.02. The van der Waals surface area contributed by atoms with E-state index in [0.717, 1.165) is 45.1 Å². The predicted molar refractivity (Wildman–Crippen MR) is 99.4 cm³/mol. The average Bonchev–Trinajstić information content (AvgIpc) is 2.60. The van der Waals surface area contributed by atoms with Crippen molar-refractivity contribution in [2.24, 2.45) is 0 Å². The van der Waals surface area contributed by atoms with Crippen molar-refractivity contribution >= 4 is 0 Å². The number of hydrogen-bond acceptors (Lipinski definition) is 2. The highest BCUT2D eigenvalue weighted by molar-refractivity contribution is 5.21. The van der Waals surface area contributed by atoms with Gasteiger partial charge in [0.05, 0.1) is 0 Å². The second-order valence-electron chi connectivity index (χ2n) is 6.35. The summed E-state index contributed by atoms with van der Waals surface area (Å²) in [5, 5.41) is 3.42. The third-order valence-corrected chi connectivity index (χ3v) is 4.36. The van der Waals surface area contributed by atoms with Crippen LogP contribution < -0.4 is 5.32 Å². The Labute approximate surface area is 149 Å². The minimum atomic E-state index is -0.519. The summed E-state index contributed by atoms with van der Waals surface area (Å²) in [6.45, 7) is 7.74. The fourth-order valence-corrected chi connectivity index (χ4v) is 2.98. The lowest BCUT2D eigenvalue weighted by atomic mass is 10.0. The van der Waals surface area contributed by atoms with Crippen LogP contribution in [0.15, 0.2) is 48.5 Å². The first kappa shape index (κ1) is 19.5. The number of nitrogens with zero attached hydrogens (tertiary/aromatic N) is 1. The standard InChI is InChI=1S/C21H28F2N2/c1-3-11-24-21(18-13-19(22)15-20(23)14-18)10-12-25(4-2)16-17-8-6-5-7-9-17/h5-9,13-15,21,24H,3-4,10-12,16H2,1-2H3. The molecule has 4 heteroatoms. The van der Waals surface area contributed by atoms with Crippen molar-refractivity contribution in [2.45, 2.75) is 39.3 Å². The highest BCUT2D eigenvalue weighted by atomic mass is 19.1. The molecule has 0 radical (unpaired) electrons. The summed E-state index contributed by atoms with van der Waals surface area (Å²) in [5.41, 5.74) is 1.96. The van der Waals surface area contributed by atoms with Gasteiger partial charge in [-0.25, -0.2) is 8.78 Å². The molecule has 0 aliphatic rings. The Kier molecular flexibility index (Phi) is 8.02. The van der Waals surface area contributed by atoms with Gasteiger partial charge < -0.3 is 5.32 Å². The van der Waals surface area contributed by atoms with Gasteiger partial charge in [0.1, 0.15) is 11.6 Å². The van der Waals surface area contributed by atoms with E-state index in [1.165, 1.54) is 17.7 Å². The lowest BCUT2D eigenvalue weighted by Gasteiger charge is -2.25. The van der Waals surface area contributed by atoms with Crippen LogP contribution in [0.4, 0.5) is 8.78 Å². The fraction of sp³-hybridized carbons (Fsp3) is 0.429. The van der Waals surface area contributed by atoms with Crippen molar-refractivity contribution in [2.75, 3.05) is 19.6 Å². The summed E-state index contributed by atoms with van der Waals surface area (Å²) in [6.07, 6.45) is 1.79. The van der Waals surface area contributed by atoms with Gasteiger partial charge in [-0.15, -0.1) is 0 Å². The van der Waals surface area contributed by atoms with Gasteiger partial charge in [0.25, 0.3) is 0 Å². The molecular weight excluding hydrogens is 318 g/mol. The molecule has 1 atom stereocenters. The van der Waals surface area contributed by atoms with Crippen molar-refractivity contribution < 1.29 is 8.78 Å². The predicted octanol–water partition coefficient (Wildman–Crippen LogP) is 4.92. The molecule has 0 aliphatic heterocycles. The Morgan fingerprint density at radius 3 is 2.28 bits per heavy atom. The van der Waals surface area contributed by atoms with Gasteiger partial charge >= 0.3 is 0 Å². The minimum absolute atomic E-state index is 0.0463. The maximum absolute atomic E-state index is 13.6. The van der Waals surface area contributed by atoms with E-state index in [9.17, 15) is 8.78 Å². The summed E-state index contributed by atoms with van der Waals surface area (Å²) < 4.78 is 27.2. The molecule has 0 saturated heterocycles. The number of nitrogens with one attached hydrogen (secondary N) is 1. The lowest BCUT2D eigenvalue weighted by Crippen LogP contribution is -2.30. The maximum Gasteiger partial charge on any atom is 0.126 e. The molecule has 0 heterocycles. The molecule has 0 aliphatic carbocycles. The zero-order valence-electron chi connectivity index (χ0n) is 15.1. The molecule has 1 N–H and O–H groups in total. The third-order valence-electron chi connectivity index (χ3n) is 4.36. The molecule has 2 aromatic rings. The molecule has 1 unspecified atom stereocenters. The second-order valence-corrected chi connectivity index (χ2v) is 6.35. The SMILES string of the molecule is CCCNC(CCN(CC)Cc1ccccc1)c1cc(F)cc(F)c1.